The molecule has 1 saturated carbocycles. The van der Waals surface area contributed by atoms with E-state index in [1.807, 2.05) is 0 Å². The summed E-state index contributed by atoms with van der Waals surface area (Å²) in [7, 11) is -2.43. The van der Waals surface area contributed by atoms with Crippen molar-refractivity contribution in [3.8, 4) is 0 Å². The molecule has 0 radical (unpaired) electrons. The number of hydrogen-bond acceptors (Lipinski definition) is 9. The third kappa shape index (κ3) is 8.12. The molecule has 0 aliphatic heterocycles. The number of benzene rings is 1. The molecule has 238 valence electrons. The summed E-state index contributed by atoms with van der Waals surface area (Å²) in [6, 6.07) is 6.64. The zero-order valence-corrected chi connectivity index (χ0v) is 25.8. The SMILES string of the molecule is CCC(CC)C1CCC(NC(=O)c2ccc(Nc3ncc(C(F)(F)F)c(NCc4nccnc4N(C)S(C)(=O)=O)n3)cc2)C1. The third-order valence-electron chi connectivity index (χ3n) is 7.99. The van der Waals surface area contributed by atoms with Crippen LogP contribution in [0.2, 0.25) is 0 Å². The fourth-order valence-corrected chi connectivity index (χ4v) is 5.96. The van der Waals surface area contributed by atoms with Crippen molar-refractivity contribution in [2.75, 3.05) is 28.2 Å². The highest BCUT2D eigenvalue weighted by atomic mass is 32.2. The highest BCUT2D eigenvalue weighted by Crippen LogP contribution is 2.36. The van der Waals surface area contributed by atoms with Crippen LogP contribution in [0.4, 0.5) is 36.4 Å². The van der Waals surface area contributed by atoms with Crippen molar-refractivity contribution >= 4 is 39.2 Å². The van der Waals surface area contributed by atoms with Crippen LogP contribution in [0.25, 0.3) is 0 Å². The van der Waals surface area contributed by atoms with Crippen LogP contribution >= 0.6 is 0 Å². The predicted molar refractivity (Wildman–Crippen MR) is 162 cm³/mol. The van der Waals surface area contributed by atoms with Crippen molar-refractivity contribution in [3.05, 3.63) is 59.7 Å². The van der Waals surface area contributed by atoms with Gasteiger partial charge in [0.05, 0.1) is 12.8 Å². The molecule has 2 heterocycles. The fourth-order valence-electron chi connectivity index (χ4n) is 5.49. The molecule has 0 saturated heterocycles. The molecule has 1 aliphatic rings. The Labute approximate surface area is 255 Å². The largest absolute Gasteiger partial charge is 0.421 e. The zero-order chi connectivity index (χ0) is 32.1. The number of rotatable bonds is 12. The zero-order valence-electron chi connectivity index (χ0n) is 25.0. The average molecular weight is 635 g/mol. The Morgan fingerprint density at radius 2 is 1.75 bits per heavy atom. The Balaban J connectivity index is 1.45. The van der Waals surface area contributed by atoms with Gasteiger partial charge in [-0.05, 0) is 55.4 Å². The van der Waals surface area contributed by atoms with Crippen LogP contribution in [-0.4, -0.2) is 53.6 Å². The molecular formula is C29H37F3N8O3S. The van der Waals surface area contributed by atoms with Gasteiger partial charge in [0.1, 0.15) is 17.1 Å². The van der Waals surface area contributed by atoms with Crippen LogP contribution in [0.15, 0.2) is 42.9 Å². The van der Waals surface area contributed by atoms with E-state index in [0.29, 0.717) is 29.3 Å². The van der Waals surface area contributed by atoms with Crippen LogP contribution in [0.5, 0.6) is 0 Å². The van der Waals surface area contributed by atoms with Crippen molar-refractivity contribution in [3.63, 3.8) is 0 Å². The van der Waals surface area contributed by atoms with Gasteiger partial charge in [0.25, 0.3) is 5.91 Å². The smallest absolute Gasteiger partial charge is 0.364 e. The lowest BCUT2D eigenvalue weighted by Crippen LogP contribution is -2.33. The number of aromatic nitrogens is 4. The van der Waals surface area contributed by atoms with Crippen LogP contribution in [0.1, 0.15) is 67.6 Å². The molecule has 2 aromatic heterocycles. The van der Waals surface area contributed by atoms with Gasteiger partial charge >= 0.3 is 6.18 Å². The summed E-state index contributed by atoms with van der Waals surface area (Å²) >= 11 is 0. The number of carbonyl (C=O) groups is 1. The fraction of sp³-hybridized carbons (Fsp3) is 0.483. The highest BCUT2D eigenvalue weighted by Gasteiger charge is 2.35. The van der Waals surface area contributed by atoms with Crippen molar-refractivity contribution < 1.29 is 26.4 Å². The van der Waals surface area contributed by atoms with E-state index in [0.717, 1.165) is 42.7 Å². The topological polar surface area (TPSA) is 142 Å². The lowest BCUT2D eigenvalue weighted by molar-refractivity contribution is -0.137. The molecule has 2 atom stereocenters. The molecule has 0 bridgehead atoms. The van der Waals surface area contributed by atoms with Crippen LogP contribution in [0, 0.1) is 11.8 Å². The molecule has 0 spiro atoms. The molecule has 2 unspecified atom stereocenters. The first-order valence-corrected chi connectivity index (χ1v) is 16.2. The van der Waals surface area contributed by atoms with E-state index >= 15 is 0 Å². The number of alkyl halides is 3. The molecule has 3 aromatic rings. The molecule has 1 amide bonds. The first kappa shape index (κ1) is 32.9. The number of carbonyl (C=O) groups excluding carboxylic acids is 1. The maximum atomic E-state index is 13.8. The van der Waals surface area contributed by atoms with Gasteiger partial charge in [-0.2, -0.15) is 18.2 Å². The highest BCUT2D eigenvalue weighted by molar-refractivity contribution is 7.92. The Kier molecular flexibility index (Phi) is 10.3. The number of nitrogens with zero attached hydrogens (tertiary/aromatic N) is 5. The van der Waals surface area contributed by atoms with Crippen LogP contribution in [-0.2, 0) is 22.7 Å². The third-order valence-corrected chi connectivity index (χ3v) is 9.16. The quantitative estimate of drug-likeness (QED) is 0.240. The summed E-state index contributed by atoms with van der Waals surface area (Å²) in [6.07, 6.45) is 4.77. The molecule has 15 heteroatoms. The molecule has 4 rings (SSSR count). The van der Waals surface area contributed by atoms with E-state index in [1.165, 1.54) is 19.4 Å². The van der Waals surface area contributed by atoms with Crippen LogP contribution in [0.3, 0.4) is 0 Å². The second-order valence-electron chi connectivity index (χ2n) is 10.9. The second-order valence-corrected chi connectivity index (χ2v) is 12.9. The summed E-state index contributed by atoms with van der Waals surface area (Å²) in [5, 5.41) is 8.59. The number of nitrogens with one attached hydrogen (secondary N) is 3. The maximum Gasteiger partial charge on any atom is 0.421 e. The maximum absolute atomic E-state index is 13.8. The van der Waals surface area contributed by atoms with Gasteiger partial charge in [-0.15, -0.1) is 0 Å². The van der Waals surface area contributed by atoms with Crippen molar-refractivity contribution in [2.24, 2.45) is 11.8 Å². The van der Waals surface area contributed by atoms with E-state index in [1.54, 1.807) is 24.3 Å². The van der Waals surface area contributed by atoms with E-state index < -0.39 is 27.6 Å². The summed E-state index contributed by atoms with van der Waals surface area (Å²) < 4.78 is 66.2. The molecule has 44 heavy (non-hydrogen) atoms. The summed E-state index contributed by atoms with van der Waals surface area (Å²) in [6.45, 7) is 4.12. The Bertz CT molecular complexity index is 1550. The minimum atomic E-state index is -4.77. The monoisotopic (exact) mass is 634 g/mol. The number of sulfonamides is 1. The molecular weight excluding hydrogens is 597 g/mol. The van der Waals surface area contributed by atoms with Crippen molar-refractivity contribution in [1.82, 2.24) is 25.3 Å². The van der Waals surface area contributed by atoms with Crippen LogP contribution < -0.4 is 20.3 Å². The predicted octanol–water partition coefficient (Wildman–Crippen LogP) is 5.37. The Morgan fingerprint density at radius 3 is 2.39 bits per heavy atom. The number of hydrogen-bond donors (Lipinski definition) is 3. The summed E-state index contributed by atoms with van der Waals surface area (Å²) in [4.78, 5) is 28.8. The normalized spacial score (nSPS) is 17.0. The lowest BCUT2D eigenvalue weighted by atomic mass is 9.86. The van der Waals surface area contributed by atoms with E-state index in [9.17, 15) is 26.4 Å². The van der Waals surface area contributed by atoms with Gasteiger partial charge in [-0.1, -0.05) is 26.7 Å². The van der Waals surface area contributed by atoms with Crippen molar-refractivity contribution in [1.29, 1.82) is 0 Å². The van der Waals surface area contributed by atoms with Gasteiger partial charge in [-0.25, -0.2) is 18.4 Å². The Hall–Kier alpha value is -4.01. The second kappa shape index (κ2) is 13.7. The first-order valence-electron chi connectivity index (χ1n) is 14.4. The Morgan fingerprint density at radius 1 is 1.07 bits per heavy atom. The van der Waals surface area contributed by atoms with Gasteiger partial charge in [0, 0.05) is 42.9 Å². The summed E-state index contributed by atoms with van der Waals surface area (Å²) in [5.74, 6) is 0.440. The molecule has 1 aromatic carbocycles. The van der Waals surface area contributed by atoms with E-state index in [4.69, 9.17) is 0 Å². The van der Waals surface area contributed by atoms with Crippen molar-refractivity contribution in [2.45, 2.75) is 64.7 Å². The molecule has 3 N–H and O–H groups in total. The van der Waals surface area contributed by atoms with Gasteiger partial charge in [-0.3, -0.25) is 14.1 Å². The van der Waals surface area contributed by atoms with Gasteiger partial charge in [0.2, 0.25) is 16.0 Å². The minimum Gasteiger partial charge on any atom is -0.364 e. The van der Waals surface area contributed by atoms with Gasteiger partial charge < -0.3 is 16.0 Å². The van der Waals surface area contributed by atoms with E-state index in [2.05, 4.69) is 49.7 Å². The molecule has 1 aliphatic carbocycles. The number of amides is 1. The molecule has 1 fully saturated rings. The van der Waals surface area contributed by atoms with E-state index in [-0.39, 0.29) is 36.0 Å². The molecule has 11 nitrogen and oxygen atoms in total. The first-order chi connectivity index (χ1) is 20.8. The number of anilines is 4. The average Bonchev–Trinajstić information content (AvgIpc) is 3.44. The van der Waals surface area contributed by atoms with Gasteiger partial charge in [0.15, 0.2) is 5.82 Å². The summed E-state index contributed by atoms with van der Waals surface area (Å²) in [5.41, 5.74) is -0.0847. The standard InChI is InChI=1S/C29H37F3N8O3S/c1-5-18(6-2)20-9-12-22(15-20)37-27(41)19-7-10-21(11-8-19)38-28-36-16-23(29(30,31)32)25(39-28)35-17-24-26(34-14-13-33-24)40(3)44(4,42)43/h7-8,10-11,13-14,16,18,20,22H,5-6,9,12,15,17H2,1-4H3,(H,37,41)(H2,35,36,38,39). The number of halogens is 3. The minimum absolute atomic E-state index is 0.0357. The lowest BCUT2D eigenvalue weighted by Gasteiger charge is -2.21.